The van der Waals surface area contributed by atoms with Crippen LogP contribution in [0.15, 0.2) is 42.5 Å². The molecule has 20 heavy (non-hydrogen) atoms. The van der Waals surface area contributed by atoms with Gasteiger partial charge in [0.05, 0.1) is 12.7 Å². The van der Waals surface area contributed by atoms with E-state index in [1.54, 1.807) is 43.5 Å². The van der Waals surface area contributed by atoms with Crippen molar-refractivity contribution in [2.24, 2.45) is 0 Å². The number of hydrogen-bond donors (Lipinski definition) is 2. The van der Waals surface area contributed by atoms with Gasteiger partial charge in [-0.1, -0.05) is 6.07 Å². The largest absolute Gasteiger partial charge is 0.497 e. The zero-order valence-corrected chi connectivity index (χ0v) is 11.0. The maximum absolute atomic E-state index is 11.1. The Kier molecular flexibility index (Phi) is 4.10. The quantitative estimate of drug-likeness (QED) is 0.818. The maximum Gasteiger partial charge on any atom is 0.336 e. The summed E-state index contributed by atoms with van der Waals surface area (Å²) in [6.07, 6.45) is 0. The standard InChI is InChI=1S/C15H15NO4/c1-19-12-4-6-13(7-5-12)20-9-10-2-3-11(16)8-14(10)15(17)18/h2-8H,9,16H2,1H3,(H,17,18). The lowest BCUT2D eigenvalue weighted by atomic mass is 10.1. The van der Waals surface area contributed by atoms with Crippen molar-refractivity contribution in [1.82, 2.24) is 0 Å². The third-order valence-corrected chi connectivity index (χ3v) is 2.82. The van der Waals surface area contributed by atoms with E-state index in [2.05, 4.69) is 0 Å². The minimum Gasteiger partial charge on any atom is -0.497 e. The fourth-order valence-electron chi connectivity index (χ4n) is 1.75. The molecule has 0 unspecified atom stereocenters. The third-order valence-electron chi connectivity index (χ3n) is 2.82. The van der Waals surface area contributed by atoms with E-state index in [1.165, 1.54) is 6.07 Å². The first-order chi connectivity index (χ1) is 9.60. The van der Waals surface area contributed by atoms with E-state index < -0.39 is 5.97 Å². The molecule has 0 aromatic heterocycles. The van der Waals surface area contributed by atoms with Crippen LogP contribution in [0.4, 0.5) is 5.69 Å². The summed E-state index contributed by atoms with van der Waals surface area (Å²) < 4.78 is 10.6. The van der Waals surface area contributed by atoms with Gasteiger partial charge in [0.2, 0.25) is 0 Å². The lowest BCUT2D eigenvalue weighted by Crippen LogP contribution is -2.06. The van der Waals surface area contributed by atoms with Crippen LogP contribution in [-0.2, 0) is 6.61 Å². The summed E-state index contributed by atoms with van der Waals surface area (Å²) in [5, 5.41) is 9.13. The molecule has 2 aromatic carbocycles. The number of carboxylic acid groups (broad SMARTS) is 1. The maximum atomic E-state index is 11.1. The number of carbonyl (C=O) groups is 1. The van der Waals surface area contributed by atoms with Crippen molar-refractivity contribution in [3.05, 3.63) is 53.6 Å². The molecule has 104 valence electrons. The van der Waals surface area contributed by atoms with Gasteiger partial charge in [0.1, 0.15) is 18.1 Å². The van der Waals surface area contributed by atoms with Crippen LogP contribution in [0.3, 0.4) is 0 Å². The van der Waals surface area contributed by atoms with Crippen LogP contribution in [0.25, 0.3) is 0 Å². The summed E-state index contributed by atoms with van der Waals surface area (Å²) >= 11 is 0. The molecule has 0 aliphatic rings. The van der Waals surface area contributed by atoms with Crippen molar-refractivity contribution in [3.8, 4) is 11.5 Å². The molecule has 0 atom stereocenters. The normalized spacial score (nSPS) is 10.1. The fourth-order valence-corrected chi connectivity index (χ4v) is 1.75. The molecular weight excluding hydrogens is 258 g/mol. The van der Waals surface area contributed by atoms with Gasteiger partial charge in [-0.05, 0) is 36.4 Å². The molecule has 0 aliphatic carbocycles. The van der Waals surface area contributed by atoms with Crippen LogP contribution in [0, 0.1) is 0 Å². The van der Waals surface area contributed by atoms with Gasteiger partial charge in [0, 0.05) is 11.3 Å². The molecule has 2 rings (SSSR count). The van der Waals surface area contributed by atoms with Crippen LogP contribution in [0.5, 0.6) is 11.5 Å². The number of anilines is 1. The molecular formula is C15H15NO4. The lowest BCUT2D eigenvalue weighted by molar-refractivity contribution is 0.0694. The second-order valence-electron chi connectivity index (χ2n) is 4.19. The highest BCUT2D eigenvalue weighted by Gasteiger charge is 2.11. The van der Waals surface area contributed by atoms with Crippen LogP contribution < -0.4 is 15.2 Å². The summed E-state index contributed by atoms with van der Waals surface area (Å²) in [5.41, 5.74) is 6.72. The Hall–Kier alpha value is -2.69. The second-order valence-corrected chi connectivity index (χ2v) is 4.19. The van der Waals surface area contributed by atoms with Gasteiger partial charge in [-0.15, -0.1) is 0 Å². The minimum atomic E-state index is -1.02. The predicted molar refractivity (Wildman–Crippen MR) is 75.1 cm³/mol. The first-order valence-electron chi connectivity index (χ1n) is 5.98. The number of ether oxygens (including phenoxy) is 2. The highest BCUT2D eigenvalue weighted by molar-refractivity contribution is 5.90. The average Bonchev–Trinajstić information content (AvgIpc) is 2.46. The van der Waals surface area contributed by atoms with E-state index in [1.807, 2.05) is 0 Å². The first-order valence-corrected chi connectivity index (χ1v) is 5.98. The number of benzene rings is 2. The van der Waals surface area contributed by atoms with Crippen LogP contribution in [0.2, 0.25) is 0 Å². The Morgan fingerprint density at radius 2 is 1.80 bits per heavy atom. The number of rotatable bonds is 5. The third kappa shape index (κ3) is 3.20. The van der Waals surface area contributed by atoms with Crippen molar-refractivity contribution in [2.75, 3.05) is 12.8 Å². The first kappa shape index (κ1) is 13.7. The number of nitrogens with two attached hydrogens (primary N) is 1. The monoisotopic (exact) mass is 273 g/mol. The van der Waals surface area contributed by atoms with Gasteiger partial charge < -0.3 is 20.3 Å². The lowest BCUT2D eigenvalue weighted by Gasteiger charge is -2.10. The number of nitrogen functional groups attached to an aromatic ring is 1. The van der Waals surface area contributed by atoms with E-state index in [-0.39, 0.29) is 12.2 Å². The Balaban J connectivity index is 2.12. The number of carboxylic acids is 1. The molecule has 0 radical (unpaired) electrons. The molecule has 0 saturated carbocycles. The molecule has 0 amide bonds. The number of methoxy groups -OCH3 is 1. The zero-order chi connectivity index (χ0) is 14.5. The average molecular weight is 273 g/mol. The molecule has 2 aromatic rings. The van der Waals surface area contributed by atoms with E-state index >= 15 is 0 Å². The fraction of sp³-hybridized carbons (Fsp3) is 0.133. The van der Waals surface area contributed by atoms with E-state index in [4.69, 9.17) is 20.3 Å². The SMILES string of the molecule is COc1ccc(OCc2ccc(N)cc2C(=O)O)cc1. The summed E-state index contributed by atoms with van der Waals surface area (Å²) in [7, 11) is 1.59. The molecule has 5 heteroatoms. The smallest absolute Gasteiger partial charge is 0.336 e. The van der Waals surface area contributed by atoms with Gasteiger partial charge >= 0.3 is 5.97 Å². The predicted octanol–water partition coefficient (Wildman–Crippen LogP) is 2.55. The zero-order valence-electron chi connectivity index (χ0n) is 11.0. The Labute approximate surface area is 116 Å². The van der Waals surface area contributed by atoms with Gasteiger partial charge in [0.15, 0.2) is 0 Å². The molecule has 0 saturated heterocycles. The molecule has 0 bridgehead atoms. The van der Waals surface area contributed by atoms with Crippen LogP contribution in [0.1, 0.15) is 15.9 Å². The van der Waals surface area contributed by atoms with Gasteiger partial charge in [0.25, 0.3) is 0 Å². The van der Waals surface area contributed by atoms with E-state index in [9.17, 15) is 4.79 Å². The van der Waals surface area contributed by atoms with Crippen molar-refractivity contribution in [1.29, 1.82) is 0 Å². The topological polar surface area (TPSA) is 81.8 Å². The van der Waals surface area contributed by atoms with Crippen LogP contribution >= 0.6 is 0 Å². The van der Waals surface area contributed by atoms with Gasteiger partial charge in [-0.25, -0.2) is 4.79 Å². The Bertz CT molecular complexity index is 608. The van der Waals surface area contributed by atoms with Gasteiger partial charge in [-0.3, -0.25) is 0 Å². The van der Waals surface area contributed by atoms with Crippen molar-refractivity contribution < 1.29 is 19.4 Å². The molecule has 3 N–H and O–H groups in total. The summed E-state index contributed by atoms with van der Waals surface area (Å²) in [6.45, 7) is 0.161. The van der Waals surface area contributed by atoms with E-state index in [0.29, 0.717) is 17.0 Å². The minimum absolute atomic E-state index is 0.151. The van der Waals surface area contributed by atoms with Crippen LogP contribution in [-0.4, -0.2) is 18.2 Å². The molecule has 0 spiro atoms. The Morgan fingerprint density at radius 3 is 2.40 bits per heavy atom. The molecule has 0 heterocycles. The summed E-state index contributed by atoms with van der Waals surface area (Å²) in [4.78, 5) is 11.1. The molecule has 5 nitrogen and oxygen atoms in total. The highest BCUT2D eigenvalue weighted by Crippen LogP contribution is 2.20. The highest BCUT2D eigenvalue weighted by atomic mass is 16.5. The van der Waals surface area contributed by atoms with Crippen molar-refractivity contribution in [3.63, 3.8) is 0 Å². The van der Waals surface area contributed by atoms with Gasteiger partial charge in [-0.2, -0.15) is 0 Å². The van der Waals surface area contributed by atoms with E-state index in [0.717, 1.165) is 5.75 Å². The van der Waals surface area contributed by atoms with Crippen molar-refractivity contribution in [2.45, 2.75) is 6.61 Å². The Morgan fingerprint density at radius 1 is 1.15 bits per heavy atom. The molecule has 0 fully saturated rings. The summed E-state index contributed by atoms with van der Waals surface area (Å²) in [6, 6.07) is 11.8. The number of aromatic carboxylic acids is 1. The number of hydrogen-bond acceptors (Lipinski definition) is 4. The molecule has 0 aliphatic heterocycles. The second kappa shape index (κ2) is 5.97. The van der Waals surface area contributed by atoms with Crippen molar-refractivity contribution >= 4 is 11.7 Å². The summed E-state index contributed by atoms with van der Waals surface area (Å²) in [5.74, 6) is 0.348.